The lowest BCUT2D eigenvalue weighted by Gasteiger charge is -2.50. The number of fused-ring (bicyclic) bond motifs is 2. The number of carbonyl (C=O) groups excluding carboxylic acids is 1. The Morgan fingerprint density at radius 3 is 1.83 bits per heavy atom. The number of aromatic nitrogens is 2. The van der Waals surface area contributed by atoms with Gasteiger partial charge in [-0.05, 0) is 66.0 Å². The normalized spacial score (nSPS) is 23.1. The molecule has 3 fully saturated rings. The van der Waals surface area contributed by atoms with Crippen molar-refractivity contribution in [2.24, 2.45) is 5.41 Å². The molecule has 6 heteroatoms. The van der Waals surface area contributed by atoms with E-state index in [2.05, 4.69) is 95.7 Å². The number of hydrogen-bond acceptors (Lipinski definition) is 3. The van der Waals surface area contributed by atoms with Crippen LogP contribution in [0.15, 0.2) is 133 Å². The van der Waals surface area contributed by atoms with E-state index in [1.165, 1.54) is 0 Å². The third-order valence-corrected chi connectivity index (χ3v) is 10.5. The van der Waals surface area contributed by atoms with Gasteiger partial charge in [0, 0.05) is 29.3 Å². The molecule has 1 aromatic heterocycles. The van der Waals surface area contributed by atoms with Gasteiger partial charge in [0.15, 0.2) is 5.78 Å². The standard InChI is InChI=1S/C40H35N3O3/c44-37-29(23-39(37)24-33-20-21-34(25-39)43(33)38(45)46)22-28-12-10-11-19-35(28)36-26-42(27-41-36)40(30-13-4-1-5-14-30,31-15-6-2-7-16-31)32-17-8-3-9-18-32/h1-19,22,26-27,33-34H,20-21,23-25H2,(H,45,46)/b29-22+. The average molecular weight is 606 g/mol. The number of Topliss-reactive ketones (excluding diaryl/α,β-unsaturated/α-hetero) is 1. The molecule has 3 aliphatic rings. The van der Waals surface area contributed by atoms with Gasteiger partial charge in [-0.2, -0.15) is 0 Å². The first-order valence-electron chi connectivity index (χ1n) is 16.1. The van der Waals surface area contributed by atoms with Gasteiger partial charge in [-0.25, -0.2) is 9.78 Å². The number of ketones is 1. The molecule has 6 nitrogen and oxygen atoms in total. The summed E-state index contributed by atoms with van der Waals surface area (Å²) >= 11 is 0. The molecule has 3 heterocycles. The van der Waals surface area contributed by atoms with E-state index in [0.717, 1.165) is 51.9 Å². The topological polar surface area (TPSA) is 75.4 Å². The second-order valence-corrected chi connectivity index (χ2v) is 13.0. The van der Waals surface area contributed by atoms with Crippen molar-refractivity contribution in [3.8, 4) is 11.3 Å². The first kappa shape index (κ1) is 28.3. The SMILES string of the molecule is O=C(O)N1C2CCC1CC1(C/C(=C\c3ccccc3-c3cn(C(c4ccccc4)(c4ccccc4)c4ccccc4)cn3)C1=O)C2. The van der Waals surface area contributed by atoms with Gasteiger partial charge >= 0.3 is 6.09 Å². The van der Waals surface area contributed by atoms with Crippen molar-refractivity contribution in [3.63, 3.8) is 0 Å². The molecule has 2 atom stereocenters. The highest BCUT2D eigenvalue weighted by molar-refractivity contribution is 6.10. The molecule has 5 aromatic rings. The molecule has 46 heavy (non-hydrogen) atoms. The zero-order valence-electron chi connectivity index (χ0n) is 25.5. The van der Waals surface area contributed by atoms with Crippen molar-refractivity contribution < 1.29 is 14.7 Å². The monoisotopic (exact) mass is 605 g/mol. The van der Waals surface area contributed by atoms with E-state index in [-0.39, 0.29) is 17.9 Å². The first-order valence-corrected chi connectivity index (χ1v) is 16.1. The molecule has 1 aliphatic carbocycles. The molecule has 1 N–H and O–H groups in total. The number of carbonyl (C=O) groups is 2. The quantitative estimate of drug-likeness (QED) is 0.157. The number of amides is 1. The van der Waals surface area contributed by atoms with Gasteiger partial charge in [-0.1, -0.05) is 115 Å². The fourth-order valence-electron chi connectivity index (χ4n) is 8.54. The van der Waals surface area contributed by atoms with Crippen molar-refractivity contribution in [3.05, 3.63) is 156 Å². The largest absolute Gasteiger partial charge is 0.465 e. The molecule has 8 rings (SSSR count). The minimum absolute atomic E-state index is 0.0443. The highest BCUT2D eigenvalue weighted by Gasteiger charge is 2.58. The third kappa shape index (κ3) is 4.35. The summed E-state index contributed by atoms with van der Waals surface area (Å²) in [4.78, 5) is 32.1. The van der Waals surface area contributed by atoms with Crippen molar-refractivity contribution in [2.75, 3.05) is 0 Å². The van der Waals surface area contributed by atoms with Crippen LogP contribution in [0.5, 0.6) is 0 Å². The number of nitrogens with zero attached hydrogens (tertiary/aromatic N) is 3. The van der Waals surface area contributed by atoms with Crippen molar-refractivity contribution in [1.82, 2.24) is 14.5 Å². The van der Waals surface area contributed by atoms with Gasteiger partial charge in [-0.15, -0.1) is 0 Å². The molecular weight excluding hydrogens is 570 g/mol. The second kappa shape index (κ2) is 11.0. The van der Waals surface area contributed by atoms with Gasteiger partial charge in [0.25, 0.3) is 0 Å². The third-order valence-electron chi connectivity index (χ3n) is 10.5. The van der Waals surface area contributed by atoms with Crippen LogP contribution < -0.4 is 0 Å². The Morgan fingerprint density at radius 2 is 1.30 bits per heavy atom. The van der Waals surface area contributed by atoms with Crippen LogP contribution in [0.4, 0.5) is 4.79 Å². The number of rotatable bonds is 6. The maximum absolute atomic E-state index is 13.7. The molecule has 1 amide bonds. The number of benzene rings is 4. The Hall–Kier alpha value is -5.23. The Morgan fingerprint density at radius 1 is 0.783 bits per heavy atom. The van der Waals surface area contributed by atoms with Gasteiger partial charge in [-0.3, -0.25) is 4.79 Å². The van der Waals surface area contributed by atoms with Crippen LogP contribution >= 0.6 is 0 Å². The molecule has 4 aromatic carbocycles. The summed E-state index contributed by atoms with van der Waals surface area (Å²) < 4.78 is 2.21. The van der Waals surface area contributed by atoms with Crippen molar-refractivity contribution >= 4 is 18.0 Å². The van der Waals surface area contributed by atoms with Crippen LogP contribution in [-0.2, 0) is 10.3 Å². The molecule has 2 unspecified atom stereocenters. The zero-order chi connectivity index (χ0) is 31.3. The minimum Gasteiger partial charge on any atom is -0.465 e. The van der Waals surface area contributed by atoms with E-state index >= 15 is 0 Å². The molecule has 0 radical (unpaired) electrons. The molecule has 2 saturated heterocycles. The number of imidazole rings is 1. The Labute approximate surface area is 268 Å². The predicted octanol–water partition coefficient (Wildman–Crippen LogP) is 8.04. The molecule has 228 valence electrons. The Bertz CT molecular complexity index is 1840. The highest BCUT2D eigenvalue weighted by atomic mass is 16.4. The minimum atomic E-state index is -0.853. The second-order valence-electron chi connectivity index (χ2n) is 13.0. The van der Waals surface area contributed by atoms with Gasteiger partial charge < -0.3 is 14.6 Å². The lowest BCUT2D eigenvalue weighted by molar-refractivity contribution is -0.136. The van der Waals surface area contributed by atoms with E-state index in [9.17, 15) is 14.7 Å². The van der Waals surface area contributed by atoms with Crippen LogP contribution in [0.25, 0.3) is 17.3 Å². The fourth-order valence-corrected chi connectivity index (χ4v) is 8.54. The van der Waals surface area contributed by atoms with Crippen LogP contribution in [0.1, 0.15) is 54.4 Å². The van der Waals surface area contributed by atoms with Gasteiger partial charge in [0.2, 0.25) is 0 Å². The first-order chi connectivity index (χ1) is 22.5. The van der Waals surface area contributed by atoms with E-state index < -0.39 is 17.0 Å². The summed E-state index contributed by atoms with van der Waals surface area (Å²) in [7, 11) is 0. The predicted molar refractivity (Wildman–Crippen MR) is 178 cm³/mol. The Kier molecular flexibility index (Phi) is 6.75. The molecule has 2 aliphatic heterocycles. The van der Waals surface area contributed by atoms with Gasteiger partial charge in [0.05, 0.1) is 12.0 Å². The highest BCUT2D eigenvalue weighted by Crippen LogP contribution is 2.56. The molecule has 2 bridgehead atoms. The number of allylic oxidation sites excluding steroid dienone is 1. The molecular formula is C40H35N3O3. The molecule has 1 spiro atoms. The molecule has 1 saturated carbocycles. The summed E-state index contributed by atoms with van der Waals surface area (Å²) in [6.07, 6.45) is 8.90. The lowest BCUT2D eigenvalue weighted by Crippen LogP contribution is -2.56. The zero-order valence-corrected chi connectivity index (χ0v) is 25.5. The van der Waals surface area contributed by atoms with E-state index in [4.69, 9.17) is 4.98 Å². The summed E-state index contributed by atoms with van der Waals surface area (Å²) in [5.74, 6) is 0.186. The summed E-state index contributed by atoms with van der Waals surface area (Å²) in [6.45, 7) is 0. The number of carboxylic acid groups (broad SMARTS) is 1. The van der Waals surface area contributed by atoms with E-state index in [1.54, 1.807) is 4.90 Å². The van der Waals surface area contributed by atoms with Crippen LogP contribution in [0.3, 0.4) is 0 Å². The summed E-state index contributed by atoms with van der Waals surface area (Å²) in [5.41, 5.74) is 5.87. The smallest absolute Gasteiger partial charge is 0.407 e. The number of hydrogen-bond donors (Lipinski definition) is 1. The summed E-state index contributed by atoms with van der Waals surface area (Å²) in [5, 5.41) is 9.70. The maximum Gasteiger partial charge on any atom is 0.407 e. The average Bonchev–Trinajstić information content (AvgIpc) is 3.69. The van der Waals surface area contributed by atoms with Gasteiger partial charge in [0.1, 0.15) is 5.54 Å². The van der Waals surface area contributed by atoms with Crippen LogP contribution in [-0.4, -0.2) is 43.5 Å². The van der Waals surface area contributed by atoms with E-state index in [1.807, 2.05) is 42.7 Å². The lowest BCUT2D eigenvalue weighted by atomic mass is 9.57. The van der Waals surface area contributed by atoms with Crippen molar-refractivity contribution in [2.45, 2.75) is 49.7 Å². The summed E-state index contributed by atoms with van der Waals surface area (Å²) in [6, 6.07) is 39.7. The maximum atomic E-state index is 13.7. The van der Waals surface area contributed by atoms with Crippen molar-refractivity contribution in [1.29, 1.82) is 0 Å². The fraction of sp³-hybridized carbons (Fsp3) is 0.225. The van der Waals surface area contributed by atoms with Crippen LogP contribution in [0.2, 0.25) is 0 Å². The Balaban J connectivity index is 1.18. The van der Waals surface area contributed by atoms with Crippen LogP contribution in [0, 0.1) is 5.41 Å². The van der Waals surface area contributed by atoms with E-state index in [0.29, 0.717) is 19.3 Å². The number of piperidine rings is 1.